The summed E-state index contributed by atoms with van der Waals surface area (Å²) in [5, 5.41) is 2.91. The molecular weight excluding hydrogens is 233 g/mol. The van der Waals surface area contributed by atoms with Gasteiger partial charge in [0.05, 0.1) is 6.54 Å². The van der Waals surface area contributed by atoms with Crippen molar-refractivity contribution in [2.75, 3.05) is 19.3 Å². The fraction of sp³-hybridized carbons (Fsp3) is 0.462. The Bertz CT molecular complexity index is 426. The summed E-state index contributed by atoms with van der Waals surface area (Å²) in [6.45, 7) is 0.812. The lowest BCUT2D eigenvalue weighted by Gasteiger charge is -2.16. The zero-order valence-corrected chi connectivity index (χ0v) is 10.4. The zero-order chi connectivity index (χ0) is 13.1. The predicted octanol–water partition coefficient (Wildman–Crippen LogP) is 1.12. The van der Waals surface area contributed by atoms with E-state index in [9.17, 15) is 9.18 Å². The molecule has 1 fully saturated rings. The highest BCUT2D eigenvalue weighted by atomic mass is 19.1. The van der Waals surface area contributed by atoms with Crippen molar-refractivity contribution < 1.29 is 9.18 Å². The molecule has 0 saturated heterocycles. The number of nitrogen functional groups attached to an aromatic ring is 1. The van der Waals surface area contributed by atoms with Crippen LogP contribution in [0.1, 0.15) is 18.4 Å². The second-order valence-electron chi connectivity index (χ2n) is 4.91. The number of carbonyl (C=O) groups is 1. The van der Waals surface area contributed by atoms with Gasteiger partial charge in [0.1, 0.15) is 5.82 Å². The van der Waals surface area contributed by atoms with Crippen LogP contribution >= 0.6 is 0 Å². The Labute approximate surface area is 106 Å². The van der Waals surface area contributed by atoms with Gasteiger partial charge in [-0.05, 0) is 43.7 Å². The molecule has 1 aliphatic rings. The zero-order valence-electron chi connectivity index (χ0n) is 10.4. The third kappa shape index (κ3) is 4.00. The summed E-state index contributed by atoms with van der Waals surface area (Å²) in [7, 11) is 1.83. The number of rotatable bonds is 5. The first kappa shape index (κ1) is 12.8. The monoisotopic (exact) mass is 251 g/mol. The van der Waals surface area contributed by atoms with Gasteiger partial charge in [0.2, 0.25) is 5.91 Å². The summed E-state index contributed by atoms with van der Waals surface area (Å²) in [6.07, 6.45) is 2.16. The Morgan fingerprint density at radius 1 is 1.50 bits per heavy atom. The molecule has 0 aliphatic heterocycles. The molecule has 1 aliphatic carbocycles. The van der Waals surface area contributed by atoms with Crippen molar-refractivity contribution in [3.63, 3.8) is 0 Å². The number of carbonyl (C=O) groups excluding carboxylic acids is 1. The van der Waals surface area contributed by atoms with Gasteiger partial charge in [-0.1, -0.05) is 0 Å². The maximum Gasteiger partial charge on any atom is 0.234 e. The first-order valence-corrected chi connectivity index (χ1v) is 6.06. The first-order chi connectivity index (χ1) is 8.52. The van der Waals surface area contributed by atoms with Gasteiger partial charge in [-0.2, -0.15) is 0 Å². The highest BCUT2D eigenvalue weighted by molar-refractivity contribution is 5.78. The van der Waals surface area contributed by atoms with Gasteiger partial charge in [0, 0.05) is 18.3 Å². The van der Waals surface area contributed by atoms with Gasteiger partial charge < -0.3 is 11.1 Å². The van der Waals surface area contributed by atoms with Crippen molar-refractivity contribution in [2.24, 2.45) is 0 Å². The normalized spacial score (nSPS) is 14.8. The fourth-order valence-corrected chi connectivity index (χ4v) is 1.88. The number of nitrogens with two attached hydrogens (primary N) is 1. The van der Waals surface area contributed by atoms with Crippen LogP contribution in [0.25, 0.3) is 0 Å². The van der Waals surface area contributed by atoms with E-state index in [-0.39, 0.29) is 11.7 Å². The van der Waals surface area contributed by atoms with Crippen molar-refractivity contribution in [1.29, 1.82) is 0 Å². The molecule has 2 rings (SSSR count). The number of anilines is 1. The summed E-state index contributed by atoms with van der Waals surface area (Å²) in [4.78, 5) is 13.4. The van der Waals surface area contributed by atoms with E-state index in [0.29, 0.717) is 24.8 Å². The number of nitrogens with zero attached hydrogens (tertiary/aromatic N) is 1. The second-order valence-corrected chi connectivity index (χ2v) is 4.91. The molecule has 3 N–H and O–H groups in total. The van der Waals surface area contributed by atoms with Crippen molar-refractivity contribution in [3.05, 3.63) is 29.6 Å². The molecule has 0 atom stereocenters. The first-order valence-electron chi connectivity index (χ1n) is 6.06. The van der Waals surface area contributed by atoms with Gasteiger partial charge in [-0.25, -0.2) is 4.39 Å². The highest BCUT2D eigenvalue weighted by Crippen LogP contribution is 2.18. The minimum absolute atomic E-state index is 0.0179. The topological polar surface area (TPSA) is 58.4 Å². The number of likely N-dealkylation sites (N-methyl/N-ethyl adjacent to an activating group) is 1. The number of nitrogens with one attached hydrogen (secondary N) is 1. The lowest BCUT2D eigenvalue weighted by Crippen LogP contribution is -2.35. The summed E-state index contributed by atoms with van der Waals surface area (Å²) in [5.74, 6) is -0.329. The second kappa shape index (κ2) is 5.35. The van der Waals surface area contributed by atoms with Crippen LogP contribution in [-0.4, -0.2) is 30.4 Å². The SMILES string of the molecule is CN(CC(=O)NC1CC1)Cc1cc(N)cc(F)c1. The van der Waals surface area contributed by atoms with Crippen molar-refractivity contribution >= 4 is 11.6 Å². The Kier molecular flexibility index (Phi) is 3.81. The standard InChI is InChI=1S/C13H18FN3O/c1-17(8-13(18)16-12-2-3-12)7-9-4-10(14)6-11(15)5-9/h4-6,12H,2-3,7-8,15H2,1H3,(H,16,18). The molecule has 1 saturated carbocycles. The fourth-order valence-electron chi connectivity index (χ4n) is 1.88. The van der Waals surface area contributed by atoms with E-state index in [1.54, 1.807) is 6.07 Å². The van der Waals surface area contributed by atoms with Crippen LogP contribution in [0.15, 0.2) is 18.2 Å². The molecule has 0 unspecified atom stereocenters. The van der Waals surface area contributed by atoms with Gasteiger partial charge in [-0.3, -0.25) is 9.69 Å². The van der Waals surface area contributed by atoms with E-state index in [1.807, 2.05) is 11.9 Å². The Morgan fingerprint density at radius 3 is 2.83 bits per heavy atom. The molecule has 1 amide bonds. The summed E-state index contributed by atoms with van der Waals surface area (Å²) in [6, 6.07) is 4.81. The van der Waals surface area contributed by atoms with Crippen LogP contribution in [0.5, 0.6) is 0 Å². The predicted molar refractivity (Wildman–Crippen MR) is 68.3 cm³/mol. The lowest BCUT2D eigenvalue weighted by atomic mass is 10.2. The molecule has 98 valence electrons. The molecule has 4 nitrogen and oxygen atoms in total. The number of amides is 1. The maximum atomic E-state index is 13.1. The van der Waals surface area contributed by atoms with Crippen molar-refractivity contribution in [3.8, 4) is 0 Å². The number of halogens is 1. The van der Waals surface area contributed by atoms with Crippen LogP contribution in [0.3, 0.4) is 0 Å². The van der Waals surface area contributed by atoms with Crippen LogP contribution in [-0.2, 0) is 11.3 Å². The van der Waals surface area contributed by atoms with Gasteiger partial charge >= 0.3 is 0 Å². The van der Waals surface area contributed by atoms with E-state index < -0.39 is 0 Å². The Hall–Kier alpha value is -1.62. The number of benzene rings is 1. The van der Waals surface area contributed by atoms with Crippen molar-refractivity contribution in [2.45, 2.75) is 25.4 Å². The van der Waals surface area contributed by atoms with E-state index in [1.165, 1.54) is 12.1 Å². The van der Waals surface area contributed by atoms with Crippen molar-refractivity contribution in [1.82, 2.24) is 10.2 Å². The molecule has 18 heavy (non-hydrogen) atoms. The third-order valence-corrected chi connectivity index (χ3v) is 2.79. The quantitative estimate of drug-likeness (QED) is 0.771. The van der Waals surface area contributed by atoms with Gasteiger partial charge in [-0.15, -0.1) is 0 Å². The average molecular weight is 251 g/mol. The van der Waals surface area contributed by atoms with Crippen LogP contribution in [0, 0.1) is 5.82 Å². The third-order valence-electron chi connectivity index (χ3n) is 2.79. The highest BCUT2D eigenvalue weighted by Gasteiger charge is 2.23. The Morgan fingerprint density at radius 2 is 2.22 bits per heavy atom. The van der Waals surface area contributed by atoms with E-state index >= 15 is 0 Å². The van der Waals surface area contributed by atoms with E-state index in [4.69, 9.17) is 5.73 Å². The maximum absolute atomic E-state index is 13.1. The molecule has 0 aromatic heterocycles. The summed E-state index contributed by atoms with van der Waals surface area (Å²) in [5.41, 5.74) is 6.75. The minimum Gasteiger partial charge on any atom is -0.399 e. The molecule has 0 bridgehead atoms. The van der Waals surface area contributed by atoms with Crippen LogP contribution in [0.4, 0.5) is 10.1 Å². The largest absolute Gasteiger partial charge is 0.399 e. The minimum atomic E-state index is -0.346. The smallest absolute Gasteiger partial charge is 0.234 e. The van der Waals surface area contributed by atoms with Crippen LogP contribution in [0.2, 0.25) is 0 Å². The molecule has 0 spiro atoms. The van der Waals surface area contributed by atoms with Gasteiger partial charge in [0.25, 0.3) is 0 Å². The molecule has 0 radical (unpaired) electrons. The van der Waals surface area contributed by atoms with Crippen LogP contribution < -0.4 is 11.1 Å². The lowest BCUT2D eigenvalue weighted by molar-refractivity contribution is -0.122. The number of hydrogen-bond acceptors (Lipinski definition) is 3. The molecular formula is C13H18FN3O. The summed E-state index contributed by atoms with van der Waals surface area (Å²) >= 11 is 0. The number of hydrogen-bond donors (Lipinski definition) is 2. The molecule has 0 heterocycles. The molecule has 1 aromatic rings. The van der Waals surface area contributed by atoms with E-state index in [2.05, 4.69) is 5.32 Å². The molecule has 5 heteroatoms. The molecule has 1 aromatic carbocycles. The van der Waals surface area contributed by atoms with Gasteiger partial charge in [0.15, 0.2) is 0 Å². The Balaban J connectivity index is 1.85. The summed E-state index contributed by atoms with van der Waals surface area (Å²) < 4.78 is 13.1. The average Bonchev–Trinajstić information content (AvgIpc) is 2.98. The van der Waals surface area contributed by atoms with E-state index in [0.717, 1.165) is 18.4 Å².